The van der Waals surface area contributed by atoms with Crippen molar-refractivity contribution >= 4 is 11.8 Å². The first-order valence-corrected chi connectivity index (χ1v) is 6.90. The Morgan fingerprint density at radius 3 is 2.67 bits per heavy atom. The summed E-state index contributed by atoms with van der Waals surface area (Å²) in [6.45, 7) is 6.46. The van der Waals surface area contributed by atoms with Crippen LogP contribution in [0.15, 0.2) is 16.5 Å². The van der Waals surface area contributed by atoms with E-state index in [2.05, 4.69) is 44.5 Å². The van der Waals surface area contributed by atoms with E-state index >= 15 is 0 Å². The molecule has 0 fully saturated rings. The number of hydrogen-bond acceptors (Lipinski definition) is 3. The molecule has 0 saturated heterocycles. The number of rotatable bonds is 6. The smallest absolute Gasteiger partial charge is 0.120 e. The molecular weight excluding hydrogens is 206 g/mol. The van der Waals surface area contributed by atoms with Gasteiger partial charge in [-0.25, -0.2) is 0 Å². The Morgan fingerprint density at radius 1 is 1.40 bits per heavy atom. The maximum atomic E-state index is 5.70. The summed E-state index contributed by atoms with van der Waals surface area (Å²) in [5.74, 6) is 3.24. The fourth-order valence-corrected chi connectivity index (χ4v) is 2.22. The van der Waals surface area contributed by atoms with Crippen LogP contribution in [-0.4, -0.2) is 18.1 Å². The van der Waals surface area contributed by atoms with Crippen LogP contribution in [0.5, 0.6) is 0 Å². The van der Waals surface area contributed by atoms with Gasteiger partial charge in [0, 0.05) is 18.2 Å². The minimum Gasteiger partial charge on any atom is -0.464 e. The predicted molar refractivity (Wildman–Crippen MR) is 67.5 cm³/mol. The molecule has 0 aromatic carbocycles. The van der Waals surface area contributed by atoms with Gasteiger partial charge < -0.3 is 9.73 Å². The van der Waals surface area contributed by atoms with E-state index in [1.807, 2.05) is 11.8 Å². The van der Waals surface area contributed by atoms with Crippen molar-refractivity contribution in [3.05, 3.63) is 23.7 Å². The second kappa shape index (κ2) is 6.23. The van der Waals surface area contributed by atoms with Crippen LogP contribution in [0.3, 0.4) is 0 Å². The van der Waals surface area contributed by atoms with Gasteiger partial charge in [0.2, 0.25) is 0 Å². The minimum atomic E-state index is 0.299. The highest BCUT2D eigenvalue weighted by molar-refractivity contribution is 7.98. The van der Waals surface area contributed by atoms with Gasteiger partial charge >= 0.3 is 0 Å². The topological polar surface area (TPSA) is 25.2 Å². The lowest BCUT2D eigenvalue weighted by molar-refractivity contribution is 0.393. The van der Waals surface area contributed by atoms with Gasteiger partial charge in [-0.15, -0.1) is 0 Å². The second-order valence-corrected chi connectivity index (χ2v) is 4.81. The molecule has 0 aliphatic heterocycles. The molecule has 2 atom stereocenters. The van der Waals surface area contributed by atoms with E-state index in [0.717, 1.165) is 23.7 Å². The van der Waals surface area contributed by atoms with Gasteiger partial charge in [0.05, 0.1) is 6.04 Å². The van der Waals surface area contributed by atoms with Crippen molar-refractivity contribution in [1.82, 2.24) is 5.32 Å². The molecule has 1 rings (SSSR count). The molecule has 1 aromatic rings. The summed E-state index contributed by atoms with van der Waals surface area (Å²) in [5, 5.41) is 3.52. The van der Waals surface area contributed by atoms with Gasteiger partial charge in [0.25, 0.3) is 0 Å². The van der Waals surface area contributed by atoms with Gasteiger partial charge in [-0.3, -0.25) is 0 Å². The molecule has 0 aliphatic rings. The minimum absolute atomic E-state index is 0.299. The third-order valence-electron chi connectivity index (χ3n) is 2.41. The average molecular weight is 227 g/mol. The maximum Gasteiger partial charge on any atom is 0.120 e. The van der Waals surface area contributed by atoms with Crippen molar-refractivity contribution in [1.29, 1.82) is 0 Å². The van der Waals surface area contributed by atoms with Crippen molar-refractivity contribution in [3.8, 4) is 0 Å². The monoisotopic (exact) mass is 227 g/mol. The summed E-state index contributed by atoms with van der Waals surface area (Å²) >= 11 is 1.86. The molecule has 0 radical (unpaired) electrons. The van der Waals surface area contributed by atoms with Crippen molar-refractivity contribution in [3.63, 3.8) is 0 Å². The Labute approximate surface area is 96.8 Å². The summed E-state index contributed by atoms with van der Waals surface area (Å²) in [5.41, 5.74) is 0. The fourth-order valence-electron chi connectivity index (χ4n) is 1.62. The Morgan fingerprint density at radius 2 is 2.13 bits per heavy atom. The Bertz CT molecular complexity index is 285. The van der Waals surface area contributed by atoms with Crippen LogP contribution in [0.2, 0.25) is 0 Å². The quantitative estimate of drug-likeness (QED) is 0.807. The summed E-state index contributed by atoms with van der Waals surface area (Å²) in [7, 11) is 0. The standard InChI is InChI=1S/C12H21NOS/c1-5-11-6-7-12(14-11)10(3)13-9(2)8-15-4/h6-7,9-10,13H,5,8H2,1-4H3. The molecular formula is C12H21NOS. The maximum absolute atomic E-state index is 5.70. The molecule has 0 aliphatic carbocycles. The molecule has 0 saturated carbocycles. The third-order valence-corrected chi connectivity index (χ3v) is 3.24. The van der Waals surface area contributed by atoms with Crippen LogP contribution >= 0.6 is 11.8 Å². The molecule has 0 bridgehead atoms. The van der Waals surface area contributed by atoms with Crippen LogP contribution in [0.25, 0.3) is 0 Å². The van der Waals surface area contributed by atoms with Crippen LogP contribution < -0.4 is 5.32 Å². The fraction of sp³-hybridized carbons (Fsp3) is 0.667. The SMILES string of the molecule is CCc1ccc(C(C)NC(C)CSC)o1. The zero-order chi connectivity index (χ0) is 11.3. The second-order valence-electron chi connectivity index (χ2n) is 3.90. The van der Waals surface area contributed by atoms with Crippen molar-refractivity contribution in [2.45, 2.75) is 39.3 Å². The predicted octanol–water partition coefficient (Wildman–Crippen LogP) is 3.24. The Hall–Kier alpha value is -0.410. The normalized spacial score (nSPS) is 15.2. The zero-order valence-corrected chi connectivity index (χ0v) is 10.9. The van der Waals surface area contributed by atoms with E-state index in [9.17, 15) is 0 Å². The van der Waals surface area contributed by atoms with Gasteiger partial charge in [-0.2, -0.15) is 11.8 Å². The number of furan rings is 1. The lowest BCUT2D eigenvalue weighted by Gasteiger charge is -2.17. The van der Waals surface area contributed by atoms with E-state index in [1.165, 1.54) is 0 Å². The van der Waals surface area contributed by atoms with Gasteiger partial charge in [-0.05, 0) is 32.2 Å². The number of hydrogen-bond donors (Lipinski definition) is 1. The molecule has 2 unspecified atom stereocenters. The largest absolute Gasteiger partial charge is 0.464 e. The molecule has 0 amide bonds. The molecule has 3 heteroatoms. The molecule has 2 nitrogen and oxygen atoms in total. The van der Waals surface area contributed by atoms with Gasteiger partial charge in [0.1, 0.15) is 11.5 Å². The van der Waals surface area contributed by atoms with E-state index in [4.69, 9.17) is 4.42 Å². The van der Waals surface area contributed by atoms with Crippen molar-refractivity contribution in [2.75, 3.05) is 12.0 Å². The molecule has 1 heterocycles. The van der Waals surface area contributed by atoms with E-state index in [0.29, 0.717) is 12.1 Å². The van der Waals surface area contributed by atoms with Crippen LogP contribution in [0.4, 0.5) is 0 Å². The summed E-state index contributed by atoms with van der Waals surface area (Å²) in [6, 6.07) is 4.95. The Balaban J connectivity index is 2.49. The van der Waals surface area contributed by atoms with Crippen LogP contribution in [-0.2, 0) is 6.42 Å². The first kappa shape index (κ1) is 12.7. The highest BCUT2D eigenvalue weighted by Gasteiger charge is 2.12. The van der Waals surface area contributed by atoms with Crippen molar-refractivity contribution in [2.24, 2.45) is 0 Å². The number of nitrogens with one attached hydrogen (secondary N) is 1. The van der Waals surface area contributed by atoms with Crippen LogP contribution in [0.1, 0.15) is 38.3 Å². The molecule has 1 N–H and O–H groups in total. The molecule has 86 valence electrons. The van der Waals surface area contributed by atoms with Crippen molar-refractivity contribution < 1.29 is 4.42 Å². The van der Waals surface area contributed by atoms with Crippen LogP contribution in [0, 0.1) is 0 Å². The summed E-state index contributed by atoms with van der Waals surface area (Å²) < 4.78 is 5.70. The summed E-state index contributed by atoms with van der Waals surface area (Å²) in [6.07, 6.45) is 3.10. The molecule has 1 aromatic heterocycles. The first-order chi connectivity index (χ1) is 7.17. The van der Waals surface area contributed by atoms with E-state index in [-0.39, 0.29) is 0 Å². The summed E-state index contributed by atoms with van der Waals surface area (Å²) in [4.78, 5) is 0. The number of thioether (sulfide) groups is 1. The zero-order valence-electron chi connectivity index (χ0n) is 10.0. The molecule has 0 spiro atoms. The lowest BCUT2D eigenvalue weighted by Crippen LogP contribution is -2.30. The number of aryl methyl sites for hydroxylation is 1. The third kappa shape index (κ3) is 3.92. The lowest BCUT2D eigenvalue weighted by atomic mass is 10.2. The highest BCUT2D eigenvalue weighted by Crippen LogP contribution is 2.17. The van der Waals surface area contributed by atoms with E-state index in [1.54, 1.807) is 0 Å². The van der Waals surface area contributed by atoms with Gasteiger partial charge in [0.15, 0.2) is 0 Å². The average Bonchev–Trinajstić information content (AvgIpc) is 2.66. The van der Waals surface area contributed by atoms with E-state index < -0.39 is 0 Å². The molecule has 15 heavy (non-hydrogen) atoms. The Kier molecular flexibility index (Phi) is 5.26. The highest BCUT2D eigenvalue weighted by atomic mass is 32.2. The van der Waals surface area contributed by atoms with Gasteiger partial charge in [-0.1, -0.05) is 6.92 Å². The first-order valence-electron chi connectivity index (χ1n) is 5.51.